The lowest BCUT2D eigenvalue weighted by Gasteiger charge is -2.29. The van der Waals surface area contributed by atoms with Gasteiger partial charge in [0.2, 0.25) is 0 Å². The third-order valence-corrected chi connectivity index (χ3v) is 10.3. The van der Waals surface area contributed by atoms with Gasteiger partial charge in [-0.15, -0.1) is 0 Å². The molecule has 1 heteroatoms. The van der Waals surface area contributed by atoms with Gasteiger partial charge in [-0.05, 0) is 97.6 Å². The Hall–Kier alpha value is -7.22. The van der Waals surface area contributed by atoms with Crippen LogP contribution < -0.4 is 4.90 Å². The normalized spacial score (nSPS) is 10.9. The first-order valence-electron chi connectivity index (χ1n) is 18.8. The molecule has 0 fully saturated rings. The Kier molecular flexibility index (Phi) is 9.41. The maximum atomic E-state index is 2.38. The van der Waals surface area contributed by atoms with Gasteiger partial charge in [-0.2, -0.15) is 0 Å². The minimum absolute atomic E-state index is 1.09. The van der Waals surface area contributed by atoms with Crippen molar-refractivity contribution in [3.05, 3.63) is 237 Å². The zero-order chi connectivity index (χ0) is 36.8. The van der Waals surface area contributed by atoms with Crippen molar-refractivity contribution in [2.45, 2.75) is 0 Å². The molecule has 0 unspecified atom stereocenters. The molecule has 0 saturated heterocycles. The molecule has 55 heavy (non-hydrogen) atoms. The Labute approximate surface area is 324 Å². The van der Waals surface area contributed by atoms with E-state index in [1.54, 1.807) is 0 Å². The summed E-state index contributed by atoms with van der Waals surface area (Å²) in [5.41, 5.74) is 17.6. The van der Waals surface area contributed by atoms with Gasteiger partial charge < -0.3 is 4.90 Å². The molecule has 9 rings (SSSR count). The Morgan fingerprint density at radius 3 is 1.15 bits per heavy atom. The van der Waals surface area contributed by atoms with Gasteiger partial charge in [0.05, 0.1) is 5.69 Å². The smallest absolute Gasteiger partial charge is 0.0540 e. The van der Waals surface area contributed by atoms with Crippen LogP contribution in [0.3, 0.4) is 0 Å². The SMILES string of the molecule is c1ccc(-c2ccc(-c3ccc(N(c4ccccc4)c4ccccc4-c4ccc(-c5ccccc5)cc4-c4ccccc4-c4ccccc4)cc3)cc2)cc1. The molecular weight excluding hydrogens is 663 g/mol. The van der Waals surface area contributed by atoms with Gasteiger partial charge in [0, 0.05) is 16.9 Å². The van der Waals surface area contributed by atoms with Crippen molar-refractivity contribution >= 4 is 17.1 Å². The first kappa shape index (κ1) is 33.6. The van der Waals surface area contributed by atoms with Crippen LogP contribution in [0, 0.1) is 0 Å². The lowest BCUT2D eigenvalue weighted by Crippen LogP contribution is -2.11. The highest BCUT2D eigenvalue weighted by molar-refractivity contribution is 5.98. The van der Waals surface area contributed by atoms with Crippen LogP contribution in [0.2, 0.25) is 0 Å². The van der Waals surface area contributed by atoms with E-state index in [9.17, 15) is 0 Å². The fourth-order valence-corrected chi connectivity index (χ4v) is 7.59. The second-order valence-electron chi connectivity index (χ2n) is 13.7. The Bertz CT molecular complexity index is 2650. The zero-order valence-electron chi connectivity index (χ0n) is 30.5. The van der Waals surface area contributed by atoms with Crippen LogP contribution in [0.15, 0.2) is 237 Å². The van der Waals surface area contributed by atoms with Gasteiger partial charge in [0.1, 0.15) is 0 Å². The molecule has 1 nitrogen and oxygen atoms in total. The number of nitrogens with zero attached hydrogens (tertiary/aromatic N) is 1. The fraction of sp³-hybridized carbons (Fsp3) is 0. The molecule has 0 aliphatic carbocycles. The molecule has 0 amide bonds. The van der Waals surface area contributed by atoms with E-state index in [0.29, 0.717) is 0 Å². The zero-order valence-corrected chi connectivity index (χ0v) is 30.5. The van der Waals surface area contributed by atoms with Crippen molar-refractivity contribution in [3.8, 4) is 66.8 Å². The van der Waals surface area contributed by atoms with Crippen LogP contribution in [-0.4, -0.2) is 0 Å². The predicted octanol–water partition coefficient (Wildman–Crippen LogP) is 15.2. The van der Waals surface area contributed by atoms with Crippen molar-refractivity contribution in [2.75, 3.05) is 4.90 Å². The van der Waals surface area contributed by atoms with Crippen LogP contribution in [0.4, 0.5) is 17.1 Å². The molecule has 0 spiro atoms. The van der Waals surface area contributed by atoms with Crippen molar-refractivity contribution in [1.29, 1.82) is 0 Å². The summed E-state index contributed by atoms with van der Waals surface area (Å²) >= 11 is 0. The van der Waals surface area contributed by atoms with Gasteiger partial charge in [0.25, 0.3) is 0 Å². The molecule has 0 atom stereocenters. The van der Waals surface area contributed by atoms with E-state index in [1.165, 1.54) is 61.2 Å². The maximum absolute atomic E-state index is 2.38. The van der Waals surface area contributed by atoms with Crippen LogP contribution in [0.1, 0.15) is 0 Å². The van der Waals surface area contributed by atoms with E-state index in [4.69, 9.17) is 0 Å². The first-order chi connectivity index (χ1) is 27.3. The van der Waals surface area contributed by atoms with Gasteiger partial charge in [-0.25, -0.2) is 0 Å². The van der Waals surface area contributed by atoms with Gasteiger partial charge >= 0.3 is 0 Å². The van der Waals surface area contributed by atoms with E-state index in [2.05, 4.69) is 241 Å². The molecule has 0 bridgehead atoms. The van der Waals surface area contributed by atoms with E-state index in [-0.39, 0.29) is 0 Å². The van der Waals surface area contributed by atoms with Crippen LogP contribution in [-0.2, 0) is 0 Å². The molecule has 0 radical (unpaired) electrons. The number of rotatable bonds is 9. The first-order valence-corrected chi connectivity index (χ1v) is 18.8. The van der Waals surface area contributed by atoms with Crippen LogP contribution >= 0.6 is 0 Å². The molecule has 9 aromatic carbocycles. The molecule has 260 valence electrons. The summed E-state index contributed by atoms with van der Waals surface area (Å²) in [6, 6.07) is 85.0. The number of benzene rings is 9. The highest BCUT2D eigenvalue weighted by Crippen LogP contribution is 2.46. The molecule has 0 aromatic heterocycles. The number of para-hydroxylation sites is 2. The standard InChI is InChI=1S/C54H39N/c1-5-17-40(18-6-1)42-29-31-43(32-30-42)44-33-36-48(37-34-44)55(47-23-11-4-12-24-47)54-28-16-15-27-52(54)51-38-35-46(41-19-7-2-8-20-41)39-53(51)50-26-14-13-25-49(50)45-21-9-3-10-22-45/h1-39H. The average Bonchev–Trinajstić information content (AvgIpc) is 3.28. The van der Waals surface area contributed by atoms with Crippen molar-refractivity contribution < 1.29 is 0 Å². The number of hydrogen-bond donors (Lipinski definition) is 0. The van der Waals surface area contributed by atoms with Gasteiger partial charge in [-0.1, -0.05) is 200 Å². The second-order valence-corrected chi connectivity index (χ2v) is 13.7. The maximum Gasteiger partial charge on any atom is 0.0540 e. The Morgan fingerprint density at radius 1 is 0.200 bits per heavy atom. The molecule has 0 heterocycles. The van der Waals surface area contributed by atoms with Crippen LogP contribution in [0.5, 0.6) is 0 Å². The van der Waals surface area contributed by atoms with E-state index < -0.39 is 0 Å². The van der Waals surface area contributed by atoms with E-state index >= 15 is 0 Å². The van der Waals surface area contributed by atoms with E-state index in [1.807, 2.05) is 0 Å². The number of hydrogen-bond acceptors (Lipinski definition) is 1. The molecule has 0 saturated carbocycles. The number of anilines is 3. The molecule has 0 aliphatic rings. The van der Waals surface area contributed by atoms with E-state index in [0.717, 1.165) is 22.6 Å². The summed E-state index contributed by atoms with van der Waals surface area (Å²) in [5.74, 6) is 0. The summed E-state index contributed by atoms with van der Waals surface area (Å²) in [5, 5.41) is 0. The van der Waals surface area contributed by atoms with Crippen molar-refractivity contribution in [1.82, 2.24) is 0 Å². The van der Waals surface area contributed by atoms with Gasteiger partial charge in [0.15, 0.2) is 0 Å². The topological polar surface area (TPSA) is 3.24 Å². The molecule has 0 aliphatic heterocycles. The highest BCUT2D eigenvalue weighted by Gasteiger charge is 2.21. The monoisotopic (exact) mass is 701 g/mol. The third kappa shape index (κ3) is 7.00. The molecule has 9 aromatic rings. The largest absolute Gasteiger partial charge is 0.310 e. The molecule has 0 N–H and O–H groups in total. The Balaban J connectivity index is 1.18. The summed E-state index contributed by atoms with van der Waals surface area (Å²) in [4.78, 5) is 2.38. The summed E-state index contributed by atoms with van der Waals surface area (Å²) < 4.78 is 0. The summed E-state index contributed by atoms with van der Waals surface area (Å²) in [7, 11) is 0. The minimum Gasteiger partial charge on any atom is -0.310 e. The lowest BCUT2D eigenvalue weighted by atomic mass is 9.86. The lowest BCUT2D eigenvalue weighted by molar-refractivity contribution is 1.28. The van der Waals surface area contributed by atoms with Crippen molar-refractivity contribution in [3.63, 3.8) is 0 Å². The summed E-state index contributed by atoms with van der Waals surface area (Å²) in [6.07, 6.45) is 0. The Morgan fingerprint density at radius 2 is 0.564 bits per heavy atom. The third-order valence-electron chi connectivity index (χ3n) is 10.3. The van der Waals surface area contributed by atoms with Crippen molar-refractivity contribution in [2.24, 2.45) is 0 Å². The van der Waals surface area contributed by atoms with Crippen LogP contribution in [0.25, 0.3) is 66.8 Å². The average molecular weight is 702 g/mol. The summed E-state index contributed by atoms with van der Waals surface area (Å²) in [6.45, 7) is 0. The second kappa shape index (κ2) is 15.4. The predicted molar refractivity (Wildman–Crippen MR) is 234 cm³/mol. The quantitative estimate of drug-likeness (QED) is 0.145. The minimum atomic E-state index is 1.09. The van der Waals surface area contributed by atoms with Gasteiger partial charge in [-0.3, -0.25) is 0 Å². The molecular formula is C54H39N. The fourth-order valence-electron chi connectivity index (χ4n) is 7.59. The highest BCUT2D eigenvalue weighted by atomic mass is 15.1.